The van der Waals surface area contributed by atoms with Crippen molar-refractivity contribution >= 4 is 23.4 Å². The van der Waals surface area contributed by atoms with Gasteiger partial charge in [-0.3, -0.25) is 4.79 Å². The number of ether oxygens (including phenoxy) is 1. The van der Waals surface area contributed by atoms with Crippen molar-refractivity contribution in [3.05, 3.63) is 59.4 Å². The van der Waals surface area contributed by atoms with Crippen molar-refractivity contribution in [3.63, 3.8) is 0 Å². The minimum atomic E-state index is -0.320. The number of benzene rings is 2. The molecular formula is C17H18FNO2S. The summed E-state index contributed by atoms with van der Waals surface area (Å²) < 4.78 is 18.1. The lowest BCUT2D eigenvalue weighted by atomic mass is 10.1. The van der Waals surface area contributed by atoms with Gasteiger partial charge in [0.1, 0.15) is 11.6 Å². The number of methoxy groups -OCH3 is 1. The third kappa shape index (κ3) is 4.77. The highest BCUT2D eigenvalue weighted by Crippen LogP contribution is 2.24. The van der Waals surface area contributed by atoms with Crippen LogP contribution in [0.3, 0.4) is 0 Å². The quantitative estimate of drug-likeness (QED) is 0.874. The Kier molecular flexibility index (Phi) is 5.83. The monoisotopic (exact) mass is 319 g/mol. The molecule has 1 N–H and O–H groups in total. The Bertz CT molecular complexity index is 644. The van der Waals surface area contributed by atoms with Crippen LogP contribution in [-0.4, -0.2) is 18.8 Å². The highest BCUT2D eigenvalue weighted by atomic mass is 32.2. The van der Waals surface area contributed by atoms with Crippen LogP contribution in [0.25, 0.3) is 0 Å². The summed E-state index contributed by atoms with van der Waals surface area (Å²) in [6.45, 7) is 2.02. The summed E-state index contributed by atoms with van der Waals surface area (Å²) in [6, 6.07) is 11.7. The molecule has 0 saturated carbocycles. The molecule has 0 saturated heterocycles. The van der Waals surface area contributed by atoms with Crippen LogP contribution in [0.2, 0.25) is 0 Å². The molecule has 0 heterocycles. The van der Waals surface area contributed by atoms with E-state index in [2.05, 4.69) is 11.4 Å². The molecule has 3 nitrogen and oxygen atoms in total. The normalized spacial score (nSPS) is 10.3. The highest BCUT2D eigenvalue weighted by Gasteiger charge is 2.06. The van der Waals surface area contributed by atoms with Gasteiger partial charge in [-0.1, -0.05) is 17.7 Å². The number of aryl methyl sites for hydroxylation is 1. The maximum atomic E-state index is 12.8. The third-order valence-corrected chi connectivity index (χ3v) is 4.04. The lowest BCUT2D eigenvalue weighted by molar-refractivity contribution is -0.113. The van der Waals surface area contributed by atoms with Gasteiger partial charge in [0, 0.05) is 17.0 Å². The van der Waals surface area contributed by atoms with Crippen LogP contribution in [0.5, 0.6) is 5.75 Å². The Morgan fingerprint density at radius 3 is 2.64 bits per heavy atom. The van der Waals surface area contributed by atoms with Crippen LogP contribution >= 0.6 is 11.8 Å². The van der Waals surface area contributed by atoms with E-state index in [0.29, 0.717) is 17.2 Å². The van der Waals surface area contributed by atoms with Gasteiger partial charge >= 0.3 is 0 Å². The van der Waals surface area contributed by atoms with Crippen molar-refractivity contribution in [2.75, 3.05) is 18.2 Å². The molecule has 0 aliphatic heterocycles. The number of amides is 1. The van der Waals surface area contributed by atoms with E-state index >= 15 is 0 Å². The van der Waals surface area contributed by atoms with Crippen molar-refractivity contribution in [1.29, 1.82) is 0 Å². The van der Waals surface area contributed by atoms with Gasteiger partial charge in [-0.25, -0.2) is 4.39 Å². The molecule has 1 amide bonds. The second kappa shape index (κ2) is 7.84. The Morgan fingerprint density at radius 1 is 1.23 bits per heavy atom. The van der Waals surface area contributed by atoms with E-state index in [0.717, 1.165) is 16.9 Å². The molecule has 2 rings (SSSR count). The number of halogens is 1. The Hall–Kier alpha value is -2.01. The van der Waals surface area contributed by atoms with Gasteiger partial charge in [0.2, 0.25) is 5.91 Å². The zero-order valence-corrected chi connectivity index (χ0v) is 13.4. The van der Waals surface area contributed by atoms with Gasteiger partial charge in [-0.15, -0.1) is 11.8 Å². The summed E-state index contributed by atoms with van der Waals surface area (Å²) in [5.74, 6) is 1.43. The minimum Gasteiger partial charge on any atom is -0.496 e. The van der Waals surface area contributed by atoms with Crippen LogP contribution in [0.1, 0.15) is 11.1 Å². The molecule has 0 bridgehead atoms. The van der Waals surface area contributed by atoms with Crippen molar-refractivity contribution < 1.29 is 13.9 Å². The number of carbonyl (C=O) groups is 1. The number of hydrogen-bond donors (Lipinski definition) is 1. The van der Waals surface area contributed by atoms with E-state index in [9.17, 15) is 9.18 Å². The van der Waals surface area contributed by atoms with Crippen LogP contribution in [0.4, 0.5) is 10.1 Å². The average molecular weight is 319 g/mol. The first-order valence-electron chi connectivity index (χ1n) is 6.85. The summed E-state index contributed by atoms with van der Waals surface area (Å²) in [5.41, 5.74) is 2.83. The maximum Gasteiger partial charge on any atom is 0.234 e. The van der Waals surface area contributed by atoms with Crippen LogP contribution in [-0.2, 0) is 10.5 Å². The van der Waals surface area contributed by atoms with Crippen LogP contribution in [0, 0.1) is 12.7 Å². The molecule has 22 heavy (non-hydrogen) atoms. The molecule has 0 unspecified atom stereocenters. The summed E-state index contributed by atoms with van der Waals surface area (Å²) in [7, 11) is 1.64. The highest BCUT2D eigenvalue weighted by molar-refractivity contribution is 7.99. The van der Waals surface area contributed by atoms with Crippen molar-refractivity contribution in [1.82, 2.24) is 0 Å². The Labute approximate surface area is 133 Å². The molecule has 5 heteroatoms. The van der Waals surface area contributed by atoms with Crippen molar-refractivity contribution in [3.8, 4) is 5.75 Å². The number of nitrogens with one attached hydrogen (secondary N) is 1. The number of thioether (sulfide) groups is 1. The molecule has 0 fully saturated rings. The second-order valence-electron chi connectivity index (χ2n) is 4.86. The second-order valence-corrected chi connectivity index (χ2v) is 5.85. The van der Waals surface area contributed by atoms with Gasteiger partial charge in [-0.05, 0) is 37.3 Å². The summed E-state index contributed by atoms with van der Waals surface area (Å²) >= 11 is 1.51. The predicted octanol–water partition coefficient (Wildman–Crippen LogP) is 4.01. The van der Waals surface area contributed by atoms with Gasteiger partial charge in [0.05, 0.1) is 12.9 Å². The minimum absolute atomic E-state index is 0.108. The third-order valence-electron chi connectivity index (χ3n) is 3.05. The van der Waals surface area contributed by atoms with Gasteiger partial charge < -0.3 is 10.1 Å². The fourth-order valence-corrected chi connectivity index (χ4v) is 2.81. The summed E-state index contributed by atoms with van der Waals surface area (Å²) in [5, 5.41) is 2.74. The molecule has 0 spiro atoms. The zero-order chi connectivity index (χ0) is 15.9. The molecule has 2 aromatic carbocycles. The number of rotatable bonds is 6. The fraction of sp³-hybridized carbons (Fsp3) is 0.235. The smallest absolute Gasteiger partial charge is 0.234 e. The van der Waals surface area contributed by atoms with E-state index in [1.807, 2.05) is 19.1 Å². The predicted molar refractivity (Wildman–Crippen MR) is 88.9 cm³/mol. The lowest BCUT2D eigenvalue weighted by Crippen LogP contribution is -2.14. The van der Waals surface area contributed by atoms with Crippen molar-refractivity contribution in [2.45, 2.75) is 12.7 Å². The largest absolute Gasteiger partial charge is 0.496 e. The standard InChI is InChI=1S/C17H18FNO2S/c1-12-3-8-16(21-2)13(9-12)10-22-11-17(20)19-15-6-4-14(18)5-7-15/h3-9H,10-11H2,1-2H3,(H,19,20). The van der Waals surface area contributed by atoms with Gasteiger partial charge in [0.25, 0.3) is 0 Å². The van der Waals surface area contributed by atoms with Gasteiger partial charge in [-0.2, -0.15) is 0 Å². The molecule has 2 aromatic rings. The Balaban J connectivity index is 1.84. The topological polar surface area (TPSA) is 38.3 Å². The van der Waals surface area contributed by atoms with E-state index < -0.39 is 0 Å². The first-order valence-corrected chi connectivity index (χ1v) is 8.00. The summed E-state index contributed by atoms with van der Waals surface area (Å²) in [6.07, 6.45) is 0. The molecular weight excluding hydrogens is 301 g/mol. The first-order chi connectivity index (χ1) is 10.6. The number of hydrogen-bond acceptors (Lipinski definition) is 3. The molecule has 0 aliphatic rings. The van der Waals surface area contributed by atoms with E-state index in [4.69, 9.17) is 4.74 Å². The molecule has 116 valence electrons. The average Bonchev–Trinajstić information content (AvgIpc) is 2.50. The van der Waals surface area contributed by atoms with E-state index in [1.165, 1.54) is 23.9 Å². The number of carbonyl (C=O) groups excluding carboxylic acids is 1. The molecule has 0 radical (unpaired) electrons. The summed E-state index contributed by atoms with van der Waals surface area (Å²) in [4.78, 5) is 11.9. The zero-order valence-electron chi connectivity index (χ0n) is 12.6. The fourth-order valence-electron chi connectivity index (χ4n) is 2.00. The first kappa shape index (κ1) is 16.4. The van der Waals surface area contributed by atoms with Crippen LogP contribution in [0.15, 0.2) is 42.5 Å². The van der Waals surface area contributed by atoms with E-state index in [1.54, 1.807) is 19.2 Å². The SMILES string of the molecule is COc1ccc(C)cc1CSCC(=O)Nc1ccc(F)cc1. The maximum absolute atomic E-state index is 12.8. The molecule has 0 atom stereocenters. The van der Waals surface area contributed by atoms with E-state index in [-0.39, 0.29) is 11.7 Å². The van der Waals surface area contributed by atoms with Gasteiger partial charge in [0.15, 0.2) is 0 Å². The molecule has 0 aliphatic carbocycles. The van der Waals surface area contributed by atoms with Crippen molar-refractivity contribution in [2.24, 2.45) is 0 Å². The van der Waals surface area contributed by atoms with Crippen LogP contribution < -0.4 is 10.1 Å². The molecule has 0 aromatic heterocycles. The Morgan fingerprint density at radius 2 is 1.95 bits per heavy atom. The number of anilines is 1. The lowest BCUT2D eigenvalue weighted by Gasteiger charge is -2.09.